The fourth-order valence-corrected chi connectivity index (χ4v) is 10.8. The van der Waals surface area contributed by atoms with Gasteiger partial charge in [-0.15, -0.1) is 0 Å². The van der Waals surface area contributed by atoms with Crippen LogP contribution in [0.5, 0.6) is 0 Å². The molecule has 3 N–H and O–H groups in total. The number of rotatable bonds is 13. The van der Waals surface area contributed by atoms with Crippen molar-refractivity contribution in [3.8, 4) is 0 Å². The molecule has 1 saturated heterocycles. The van der Waals surface area contributed by atoms with Gasteiger partial charge in [0.15, 0.2) is 0 Å². The molecule has 5 rings (SSSR count). The van der Waals surface area contributed by atoms with Crippen molar-refractivity contribution in [1.82, 2.24) is 10.2 Å². The Morgan fingerprint density at radius 3 is 2.63 bits per heavy atom. The lowest BCUT2D eigenvalue weighted by molar-refractivity contribution is -0.133. The molecular weight excluding hydrogens is 576 g/mol. The first-order valence-corrected chi connectivity index (χ1v) is 18.9. The summed E-state index contributed by atoms with van der Waals surface area (Å²) in [4.78, 5) is 26.8. The highest BCUT2D eigenvalue weighted by molar-refractivity contribution is 5.77. The van der Waals surface area contributed by atoms with Gasteiger partial charge in [-0.2, -0.15) is 0 Å². The zero-order valence-corrected chi connectivity index (χ0v) is 29.4. The maximum absolute atomic E-state index is 12.7. The molecule has 9 atom stereocenters. The Bertz CT molecular complexity index is 1120. The van der Waals surface area contributed by atoms with E-state index in [0.717, 1.165) is 62.2 Å². The van der Waals surface area contributed by atoms with E-state index in [4.69, 9.17) is 4.74 Å². The summed E-state index contributed by atoms with van der Waals surface area (Å²) in [6.07, 6.45) is 18.1. The molecule has 1 heterocycles. The average Bonchev–Trinajstić information content (AvgIpc) is 3.58. The highest BCUT2D eigenvalue weighted by atomic mass is 16.6. The number of nitrogens with zero attached hydrogens (tertiary/aromatic N) is 1. The van der Waals surface area contributed by atoms with E-state index in [2.05, 4.69) is 45.7 Å². The van der Waals surface area contributed by atoms with Crippen molar-refractivity contribution >= 4 is 12.0 Å². The lowest BCUT2D eigenvalue weighted by Gasteiger charge is -2.58. The highest BCUT2D eigenvalue weighted by Gasteiger charge is 2.59. The normalized spacial score (nSPS) is 36.9. The molecule has 4 aliphatic carbocycles. The van der Waals surface area contributed by atoms with Crippen LogP contribution in [-0.2, 0) is 9.53 Å². The fourth-order valence-electron chi connectivity index (χ4n) is 10.8. The molecule has 2 amide bonds. The van der Waals surface area contributed by atoms with Crippen LogP contribution in [0.3, 0.4) is 0 Å². The Hall–Kier alpha value is -1.86. The van der Waals surface area contributed by atoms with E-state index in [9.17, 15) is 19.8 Å². The van der Waals surface area contributed by atoms with Gasteiger partial charge in [0, 0.05) is 25.9 Å². The first-order chi connectivity index (χ1) is 22.0. The van der Waals surface area contributed by atoms with Crippen LogP contribution in [0.15, 0.2) is 23.8 Å². The van der Waals surface area contributed by atoms with Crippen molar-refractivity contribution in [1.29, 1.82) is 0 Å². The Morgan fingerprint density at radius 2 is 1.87 bits per heavy atom. The zero-order chi connectivity index (χ0) is 33.1. The molecule has 5 aliphatic rings. The van der Waals surface area contributed by atoms with E-state index >= 15 is 0 Å². The van der Waals surface area contributed by atoms with Crippen LogP contribution in [0.25, 0.3) is 0 Å². The Kier molecular flexibility index (Phi) is 11.7. The summed E-state index contributed by atoms with van der Waals surface area (Å²) in [5, 5.41) is 22.2. The molecule has 3 unspecified atom stereocenters. The third-order valence-electron chi connectivity index (χ3n) is 13.4. The molecule has 0 radical (unpaired) electrons. The summed E-state index contributed by atoms with van der Waals surface area (Å²) < 4.78 is 5.93. The van der Waals surface area contributed by atoms with Gasteiger partial charge in [0.25, 0.3) is 0 Å². The predicted octanol–water partition coefficient (Wildman–Crippen LogP) is 7.56. The van der Waals surface area contributed by atoms with Gasteiger partial charge in [-0.05, 0) is 117 Å². The van der Waals surface area contributed by atoms with Crippen molar-refractivity contribution in [2.75, 3.05) is 19.7 Å². The number of unbranched alkanes of at least 4 members (excludes halogenated alkanes) is 2. The third-order valence-corrected chi connectivity index (χ3v) is 13.4. The highest BCUT2D eigenvalue weighted by Crippen LogP contribution is 2.67. The minimum absolute atomic E-state index is 0.0105. The third kappa shape index (κ3) is 7.56. The number of hydrogen-bond acceptors (Lipinski definition) is 5. The largest absolute Gasteiger partial charge is 0.446 e. The fraction of sp³-hybridized carbons (Fsp3) is 0.846. The number of carbonyl (C=O) groups excluding carboxylic acids is 2. The molecule has 0 aromatic rings. The van der Waals surface area contributed by atoms with E-state index in [0.29, 0.717) is 37.3 Å². The number of allylic oxidation sites excluding steroid dienone is 2. The van der Waals surface area contributed by atoms with Gasteiger partial charge in [-0.1, -0.05) is 64.3 Å². The number of carbonyl (C=O) groups is 2. The van der Waals surface area contributed by atoms with E-state index in [1.54, 1.807) is 4.90 Å². The number of ether oxygens (including phenoxy) is 1. The van der Waals surface area contributed by atoms with Crippen LogP contribution in [0, 0.1) is 40.4 Å². The van der Waals surface area contributed by atoms with Crippen LogP contribution in [-0.4, -0.2) is 65.1 Å². The number of aliphatic hydroxyl groups is 2. The quantitative estimate of drug-likeness (QED) is 0.143. The van der Waals surface area contributed by atoms with Gasteiger partial charge < -0.3 is 25.2 Å². The van der Waals surface area contributed by atoms with Crippen LogP contribution in [0.1, 0.15) is 130 Å². The number of fused-ring (bicyclic) bond motifs is 5. The van der Waals surface area contributed by atoms with Gasteiger partial charge in [0.05, 0.1) is 18.8 Å². The second-order valence-electron chi connectivity index (χ2n) is 16.7. The minimum atomic E-state index is -0.542. The zero-order valence-electron chi connectivity index (χ0n) is 29.4. The Labute approximate surface area is 279 Å². The van der Waals surface area contributed by atoms with Crippen molar-refractivity contribution in [3.05, 3.63) is 23.8 Å². The number of hydrogen-bond donors (Lipinski definition) is 3. The summed E-state index contributed by atoms with van der Waals surface area (Å²) in [7, 11) is 0. The summed E-state index contributed by atoms with van der Waals surface area (Å²) in [5.41, 5.74) is 3.71. The summed E-state index contributed by atoms with van der Waals surface area (Å²) in [6.45, 7) is 15.2. The molecule has 4 fully saturated rings. The van der Waals surface area contributed by atoms with Crippen LogP contribution >= 0.6 is 0 Å². The first-order valence-electron chi connectivity index (χ1n) is 18.9. The number of aliphatic hydroxyl groups excluding tert-OH is 2. The second kappa shape index (κ2) is 15.1. The molecule has 46 heavy (non-hydrogen) atoms. The average molecular weight is 641 g/mol. The molecule has 260 valence electrons. The topological polar surface area (TPSA) is 99.1 Å². The number of nitrogens with one attached hydrogen (secondary N) is 1. The number of alkyl carbamates (subject to hydrolysis) is 1. The molecule has 1 aliphatic heterocycles. The standard InChI is InChI=1S/C39H64N2O5/c1-26(2)10-9-11-27(3)33-15-16-34-32-14-13-28-22-31(17-19-38(28,4)35(32)18-20-39(33,34)5)46-37(45)40-21-8-6-7-12-36(44)41-24-30(43)23-29(41)25-42/h13,26,29-35,42-43H,3,6-12,14-25H2,1-2,4-5H3,(H,40,45)/t29-,30+,31-,32?,33+,34?,35?,38-,39+/m0/s1. The van der Waals surface area contributed by atoms with Gasteiger partial charge >= 0.3 is 6.09 Å². The lowest BCUT2D eigenvalue weighted by atomic mass is 9.47. The van der Waals surface area contributed by atoms with E-state index in [-0.39, 0.29) is 36.2 Å². The molecule has 0 aromatic heterocycles. The van der Waals surface area contributed by atoms with Crippen LogP contribution in [0.2, 0.25) is 0 Å². The van der Waals surface area contributed by atoms with Gasteiger partial charge in [0.2, 0.25) is 5.91 Å². The molecule has 0 bridgehead atoms. The summed E-state index contributed by atoms with van der Waals surface area (Å²) in [5.74, 6) is 3.77. The SMILES string of the molecule is C=C(CCCC(C)C)[C@H]1CCC2C3CC=C4C[C@@H](OC(=O)NCCCCCC(=O)N5C[C@H](O)C[C@H]5CO)CC[C@]4(C)C3CC[C@@]21C. The molecular formula is C39H64N2O5. The Morgan fingerprint density at radius 1 is 1.07 bits per heavy atom. The molecule has 7 nitrogen and oxygen atoms in total. The molecule has 0 spiro atoms. The van der Waals surface area contributed by atoms with Gasteiger partial charge in [-0.3, -0.25) is 4.79 Å². The van der Waals surface area contributed by atoms with E-state index in [1.165, 1.54) is 62.5 Å². The monoisotopic (exact) mass is 640 g/mol. The number of amides is 2. The maximum Gasteiger partial charge on any atom is 0.407 e. The van der Waals surface area contributed by atoms with Gasteiger partial charge in [-0.25, -0.2) is 4.79 Å². The predicted molar refractivity (Wildman–Crippen MR) is 183 cm³/mol. The van der Waals surface area contributed by atoms with Crippen molar-refractivity contribution < 1.29 is 24.5 Å². The van der Waals surface area contributed by atoms with Crippen molar-refractivity contribution in [2.24, 2.45) is 40.4 Å². The molecule has 0 aromatic carbocycles. The molecule has 7 heteroatoms. The Balaban J connectivity index is 1.04. The van der Waals surface area contributed by atoms with Crippen LogP contribution < -0.4 is 5.32 Å². The first kappa shape index (κ1) is 35.4. The van der Waals surface area contributed by atoms with Gasteiger partial charge in [0.1, 0.15) is 6.10 Å². The van der Waals surface area contributed by atoms with Crippen LogP contribution in [0.4, 0.5) is 4.79 Å². The van der Waals surface area contributed by atoms with Crippen molar-refractivity contribution in [2.45, 2.75) is 149 Å². The van der Waals surface area contributed by atoms with E-state index < -0.39 is 6.10 Å². The smallest absolute Gasteiger partial charge is 0.407 e. The van der Waals surface area contributed by atoms with Crippen molar-refractivity contribution in [3.63, 3.8) is 0 Å². The minimum Gasteiger partial charge on any atom is -0.446 e. The molecule has 3 saturated carbocycles. The number of likely N-dealkylation sites (tertiary alicyclic amines) is 1. The summed E-state index contributed by atoms with van der Waals surface area (Å²) in [6, 6.07) is -0.268. The maximum atomic E-state index is 12.7. The number of β-amino-alcohol motifs (C(OH)–C–C–N with tert-alkyl or cyclic N) is 1. The van der Waals surface area contributed by atoms with E-state index in [1.807, 2.05) is 0 Å². The summed E-state index contributed by atoms with van der Waals surface area (Å²) >= 11 is 0. The second-order valence-corrected chi connectivity index (χ2v) is 16.7. The lowest BCUT2D eigenvalue weighted by Crippen LogP contribution is -2.50.